The minimum Gasteiger partial charge on any atom is -0.381 e. The van der Waals surface area contributed by atoms with Crippen LogP contribution in [0.2, 0.25) is 0 Å². The molecule has 0 saturated heterocycles. The minimum absolute atomic E-state index is 0.246. The summed E-state index contributed by atoms with van der Waals surface area (Å²) < 4.78 is 6.71. The molecule has 0 spiro atoms. The number of ether oxygens (including phenoxy) is 1. The molecule has 0 bridgehead atoms. The Morgan fingerprint density at radius 3 is 2.15 bits per heavy atom. The molecule has 20 heavy (non-hydrogen) atoms. The summed E-state index contributed by atoms with van der Waals surface area (Å²) in [4.78, 5) is 38.8. The lowest BCUT2D eigenvalue weighted by atomic mass is 10.2. The van der Waals surface area contributed by atoms with Crippen molar-refractivity contribution in [1.82, 2.24) is 5.48 Å². The van der Waals surface area contributed by atoms with Crippen molar-refractivity contribution in [2.24, 2.45) is 0 Å². The first-order chi connectivity index (χ1) is 9.36. The Labute approximate surface area is 155 Å². The minimum atomic E-state index is -1.36. The van der Waals surface area contributed by atoms with E-state index in [1.165, 1.54) is 0 Å². The maximum Gasteiger partial charge on any atom is 0.436 e. The molecular formula is C11H8I3NO5. The van der Waals surface area contributed by atoms with Gasteiger partial charge in [-0.15, -0.1) is 0 Å². The first kappa shape index (κ1) is 18.0. The number of carbonyl (C=O) groups is 3. The average molecular weight is 615 g/mol. The number of esters is 2. The topological polar surface area (TPSA) is 81.7 Å². The molecule has 0 aliphatic rings. The third-order valence-electron chi connectivity index (χ3n) is 1.87. The molecule has 1 rings (SSSR count). The fourth-order valence-corrected chi connectivity index (χ4v) is 5.12. The number of hydrogen-bond donors (Lipinski definition) is 1. The van der Waals surface area contributed by atoms with E-state index < -0.39 is 17.9 Å². The van der Waals surface area contributed by atoms with Crippen LogP contribution in [0.1, 0.15) is 17.3 Å². The lowest BCUT2D eigenvalue weighted by Gasteiger charge is -2.07. The highest BCUT2D eigenvalue weighted by Crippen LogP contribution is 2.23. The molecule has 0 amide bonds. The van der Waals surface area contributed by atoms with Gasteiger partial charge >= 0.3 is 17.9 Å². The molecule has 9 heteroatoms. The van der Waals surface area contributed by atoms with Crippen molar-refractivity contribution in [3.8, 4) is 0 Å². The third kappa shape index (κ3) is 5.07. The Balaban J connectivity index is 2.82. The molecule has 0 fully saturated rings. The zero-order chi connectivity index (χ0) is 15.3. The number of carbonyl (C=O) groups excluding carboxylic acids is 3. The Kier molecular flexibility index (Phi) is 7.60. The Morgan fingerprint density at radius 1 is 1.10 bits per heavy atom. The Hall–Kier alpha value is -0.0200. The lowest BCUT2D eigenvalue weighted by Crippen LogP contribution is -2.29. The van der Waals surface area contributed by atoms with Crippen molar-refractivity contribution < 1.29 is 24.0 Å². The third-order valence-corrected chi connectivity index (χ3v) is 4.20. The number of benzene rings is 1. The predicted octanol–water partition coefficient (Wildman–Crippen LogP) is 2.25. The molecule has 0 atom stereocenters. The summed E-state index contributed by atoms with van der Waals surface area (Å²) in [5.41, 5.74) is 2.45. The highest BCUT2D eigenvalue weighted by Gasteiger charge is 2.25. The van der Waals surface area contributed by atoms with Crippen molar-refractivity contribution in [2.75, 3.05) is 6.54 Å². The zero-order valence-electron chi connectivity index (χ0n) is 10.0. The maximum absolute atomic E-state index is 11.9. The van der Waals surface area contributed by atoms with Crippen LogP contribution in [0.25, 0.3) is 0 Å². The van der Waals surface area contributed by atoms with Crippen LogP contribution < -0.4 is 5.48 Å². The smallest absolute Gasteiger partial charge is 0.381 e. The molecule has 1 N–H and O–H groups in total. The maximum atomic E-state index is 11.9. The SMILES string of the molecule is CCNOC(=O)C(=O)OC(=O)c1c(I)cc(I)cc1I. The second-order valence-corrected chi connectivity index (χ2v) is 6.88. The van der Waals surface area contributed by atoms with Gasteiger partial charge in [0.1, 0.15) is 0 Å². The monoisotopic (exact) mass is 615 g/mol. The van der Waals surface area contributed by atoms with Gasteiger partial charge in [0.25, 0.3) is 0 Å². The van der Waals surface area contributed by atoms with Gasteiger partial charge < -0.3 is 9.57 Å². The van der Waals surface area contributed by atoms with Crippen molar-refractivity contribution >= 4 is 85.7 Å². The highest BCUT2D eigenvalue weighted by molar-refractivity contribution is 14.1. The lowest BCUT2D eigenvalue weighted by molar-refractivity contribution is -0.169. The van der Waals surface area contributed by atoms with Crippen LogP contribution in [0.3, 0.4) is 0 Å². The molecule has 0 radical (unpaired) electrons. The molecule has 6 nitrogen and oxygen atoms in total. The van der Waals surface area contributed by atoms with Crippen LogP contribution in [0, 0.1) is 10.7 Å². The second kappa shape index (κ2) is 8.43. The highest BCUT2D eigenvalue weighted by atomic mass is 127. The molecule has 0 heterocycles. The van der Waals surface area contributed by atoms with E-state index in [4.69, 9.17) is 0 Å². The van der Waals surface area contributed by atoms with Crippen molar-refractivity contribution in [3.05, 3.63) is 28.4 Å². The van der Waals surface area contributed by atoms with Gasteiger partial charge in [0, 0.05) is 17.3 Å². The van der Waals surface area contributed by atoms with Crippen LogP contribution in [-0.4, -0.2) is 24.5 Å². The number of hydroxylamine groups is 1. The van der Waals surface area contributed by atoms with E-state index in [1.807, 2.05) is 45.2 Å². The summed E-state index contributed by atoms with van der Waals surface area (Å²) in [6, 6.07) is 3.53. The Morgan fingerprint density at radius 2 is 1.65 bits per heavy atom. The van der Waals surface area contributed by atoms with Crippen LogP contribution in [0.4, 0.5) is 0 Å². The van der Waals surface area contributed by atoms with E-state index in [0.29, 0.717) is 13.7 Å². The second-order valence-electron chi connectivity index (χ2n) is 3.31. The van der Waals surface area contributed by atoms with Crippen LogP contribution in [-0.2, 0) is 19.2 Å². The van der Waals surface area contributed by atoms with Gasteiger partial charge in [0.05, 0.1) is 5.56 Å². The fraction of sp³-hybridized carbons (Fsp3) is 0.182. The number of halogens is 3. The number of hydrogen-bond acceptors (Lipinski definition) is 6. The zero-order valence-corrected chi connectivity index (χ0v) is 16.5. The first-order valence-corrected chi connectivity index (χ1v) is 8.45. The molecule has 0 saturated carbocycles. The molecule has 1 aromatic rings. The molecule has 0 unspecified atom stereocenters. The summed E-state index contributed by atoms with van der Waals surface area (Å²) in [7, 11) is 0. The largest absolute Gasteiger partial charge is 0.436 e. The van der Waals surface area contributed by atoms with Gasteiger partial charge in [-0.2, -0.15) is 5.48 Å². The summed E-state index contributed by atoms with van der Waals surface area (Å²) in [5, 5.41) is 0. The molecule has 0 aromatic heterocycles. The average Bonchev–Trinajstić information content (AvgIpc) is 2.34. The van der Waals surface area contributed by atoms with Crippen molar-refractivity contribution in [2.45, 2.75) is 6.92 Å². The van der Waals surface area contributed by atoms with Gasteiger partial charge in [-0.25, -0.2) is 14.4 Å². The van der Waals surface area contributed by atoms with E-state index in [0.717, 1.165) is 3.57 Å². The molecule has 1 aromatic carbocycles. The van der Waals surface area contributed by atoms with Crippen LogP contribution >= 0.6 is 67.8 Å². The first-order valence-electron chi connectivity index (χ1n) is 5.21. The predicted molar refractivity (Wildman–Crippen MR) is 94.8 cm³/mol. The van der Waals surface area contributed by atoms with Crippen LogP contribution in [0.5, 0.6) is 0 Å². The number of rotatable bonds is 3. The van der Waals surface area contributed by atoms with E-state index in [-0.39, 0.29) is 5.56 Å². The van der Waals surface area contributed by atoms with Gasteiger partial charge in [0.15, 0.2) is 0 Å². The van der Waals surface area contributed by atoms with Gasteiger partial charge in [-0.1, -0.05) is 0 Å². The Bertz CT molecular complexity index is 538. The number of nitrogens with one attached hydrogen (secondary N) is 1. The quantitative estimate of drug-likeness (QED) is 0.185. The molecular weight excluding hydrogens is 607 g/mol. The van der Waals surface area contributed by atoms with E-state index in [2.05, 4.69) is 37.6 Å². The summed E-state index contributed by atoms with van der Waals surface area (Å²) >= 11 is 6.04. The molecule has 0 aliphatic heterocycles. The van der Waals surface area contributed by atoms with Gasteiger partial charge in [0.2, 0.25) is 0 Å². The van der Waals surface area contributed by atoms with E-state index in [1.54, 1.807) is 19.1 Å². The van der Waals surface area contributed by atoms with Crippen molar-refractivity contribution in [3.63, 3.8) is 0 Å². The summed E-state index contributed by atoms with van der Waals surface area (Å²) in [6.07, 6.45) is 0. The molecule has 108 valence electrons. The van der Waals surface area contributed by atoms with Gasteiger partial charge in [-0.3, -0.25) is 0 Å². The van der Waals surface area contributed by atoms with E-state index >= 15 is 0 Å². The van der Waals surface area contributed by atoms with Gasteiger partial charge in [-0.05, 0) is 86.8 Å². The fourth-order valence-electron chi connectivity index (χ4n) is 1.09. The normalized spacial score (nSPS) is 10.0. The van der Waals surface area contributed by atoms with E-state index in [9.17, 15) is 14.4 Å². The standard InChI is InChI=1S/C11H8I3NO5/c1-2-15-20-11(18)10(17)19-9(16)8-6(13)3-5(12)4-7(8)14/h3-4,15H,2H2,1H3. The summed E-state index contributed by atoms with van der Waals surface area (Å²) in [5.74, 6) is -3.51. The summed E-state index contributed by atoms with van der Waals surface area (Å²) in [6.45, 7) is 2.01. The molecule has 0 aliphatic carbocycles. The van der Waals surface area contributed by atoms with Crippen molar-refractivity contribution in [1.29, 1.82) is 0 Å². The van der Waals surface area contributed by atoms with Crippen LogP contribution in [0.15, 0.2) is 12.1 Å².